The first-order chi connectivity index (χ1) is 15.5. The summed E-state index contributed by atoms with van der Waals surface area (Å²) >= 11 is 0. The van der Waals surface area contributed by atoms with Gasteiger partial charge in [-0.3, -0.25) is 14.2 Å². The third-order valence-electron chi connectivity index (χ3n) is 6.60. The maximum Gasteiger partial charge on any atom is 0.280 e. The Labute approximate surface area is 182 Å². The molecule has 1 saturated heterocycles. The van der Waals surface area contributed by atoms with Crippen LogP contribution in [0.3, 0.4) is 0 Å². The number of imidazole rings is 1. The van der Waals surface area contributed by atoms with E-state index in [0.29, 0.717) is 34.7 Å². The number of aromatic nitrogens is 6. The van der Waals surface area contributed by atoms with Gasteiger partial charge in [-0.15, -0.1) is 0 Å². The number of hydrogen-bond acceptors (Lipinski definition) is 8. The van der Waals surface area contributed by atoms with E-state index < -0.39 is 0 Å². The van der Waals surface area contributed by atoms with Gasteiger partial charge in [0, 0.05) is 37.3 Å². The van der Waals surface area contributed by atoms with Gasteiger partial charge in [0.15, 0.2) is 22.8 Å². The molecule has 32 heavy (non-hydrogen) atoms. The molecule has 6 rings (SSSR count). The van der Waals surface area contributed by atoms with Crippen molar-refractivity contribution in [2.75, 3.05) is 18.0 Å². The van der Waals surface area contributed by atoms with E-state index in [4.69, 9.17) is 4.52 Å². The lowest BCUT2D eigenvalue weighted by atomic mass is 10.1. The van der Waals surface area contributed by atoms with Crippen molar-refractivity contribution in [1.82, 2.24) is 29.2 Å². The van der Waals surface area contributed by atoms with Crippen molar-refractivity contribution in [1.29, 1.82) is 0 Å². The fourth-order valence-electron chi connectivity index (χ4n) is 4.84. The van der Waals surface area contributed by atoms with Gasteiger partial charge in [-0.2, -0.15) is 4.98 Å². The molecule has 0 radical (unpaired) electrons. The van der Waals surface area contributed by atoms with Crippen molar-refractivity contribution in [3.05, 3.63) is 64.6 Å². The molecule has 3 atom stereocenters. The first-order valence-corrected chi connectivity index (χ1v) is 10.5. The largest absolute Gasteiger partial charge is 0.371 e. The summed E-state index contributed by atoms with van der Waals surface area (Å²) in [6.07, 6.45) is 3.03. The summed E-state index contributed by atoms with van der Waals surface area (Å²) in [5, 5.41) is 4.19. The molecule has 1 aliphatic carbocycles. The summed E-state index contributed by atoms with van der Waals surface area (Å²) in [7, 11) is 1.76. The highest BCUT2D eigenvalue weighted by Gasteiger charge is 2.58. The Hall–Kier alpha value is -3.82. The molecule has 10 heteroatoms. The summed E-state index contributed by atoms with van der Waals surface area (Å²) < 4.78 is 8.56. The zero-order valence-electron chi connectivity index (χ0n) is 17.7. The number of fused-ring (bicyclic) bond motifs is 2. The van der Waals surface area contributed by atoms with E-state index in [9.17, 15) is 9.59 Å². The Morgan fingerprint density at radius 3 is 2.75 bits per heavy atom. The summed E-state index contributed by atoms with van der Waals surface area (Å²) in [5.74, 6) is 2.38. The van der Waals surface area contributed by atoms with Gasteiger partial charge in [-0.1, -0.05) is 17.3 Å². The number of ketones is 1. The minimum absolute atomic E-state index is 0.0743. The van der Waals surface area contributed by atoms with E-state index >= 15 is 0 Å². The highest BCUT2D eigenvalue weighted by molar-refractivity contribution is 5.95. The first kappa shape index (κ1) is 18.9. The lowest BCUT2D eigenvalue weighted by Crippen LogP contribution is -2.24. The Morgan fingerprint density at radius 2 is 1.97 bits per heavy atom. The monoisotopic (exact) mass is 431 g/mol. The molecule has 4 heterocycles. The second kappa shape index (κ2) is 6.84. The van der Waals surface area contributed by atoms with Crippen LogP contribution in [0.1, 0.15) is 34.9 Å². The van der Waals surface area contributed by atoms with Crippen LogP contribution in [-0.2, 0) is 13.6 Å². The number of Topliss-reactive ketones (excluding diaryl/α,β-unsaturated/α-hetero) is 1. The Morgan fingerprint density at radius 1 is 1.19 bits per heavy atom. The van der Waals surface area contributed by atoms with Crippen molar-refractivity contribution < 1.29 is 9.32 Å². The van der Waals surface area contributed by atoms with Crippen molar-refractivity contribution in [2.45, 2.75) is 19.4 Å². The number of nitrogens with zero attached hydrogens (tertiary/aromatic N) is 7. The van der Waals surface area contributed by atoms with Crippen LogP contribution in [0.25, 0.3) is 11.2 Å². The number of rotatable bonds is 5. The van der Waals surface area contributed by atoms with Crippen molar-refractivity contribution in [3.63, 3.8) is 0 Å². The average molecular weight is 431 g/mol. The molecule has 0 bridgehead atoms. The molecule has 2 fully saturated rings. The normalized spacial score (nSPS) is 21.8. The van der Waals surface area contributed by atoms with Crippen LogP contribution in [0.2, 0.25) is 0 Å². The van der Waals surface area contributed by atoms with Gasteiger partial charge >= 0.3 is 0 Å². The maximum atomic E-state index is 12.7. The van der Waals surface area contributed by atoms with Crippen LogP contribution in [0.15, 0.2) is 46.2 Å². The zero-order chi connectivity index (χ0) is 22.0. The third-order valence-corrected chi connectivity index (χ3v) is 6.60. The predicted octanol–water partition coefficient (Wildman–Crippen LogP) is 1.61. The van der Waals surface area contributed by atoms with Crippen molar-refractivity contribution >= 4 is 22.6 Å². The van der Waals surface area contributed by atoms with Gasteiger partial charge in [0.05, 0.1) is 6.33 Å². The van der Waals surface area contributed by atoms with Gasteiger partial charge in [0.2, 0.25) is 5.89 Å². The quantitative estimate of drug-likeness (QED) is 0.438. The fraction of sp³-hybridized carbons (Fsp3) is 0.364. The fourth-order valence-corrected chi connectivity index (χ4v) is 4.84. The molecule has 1 saturated carbocycles. The third kappa shape index (κ3) is 2.94. The molecule has 0 spiro atoms. The predicted molar refractivity (Wildman–Crippen MR) is 115 cm³/mol. The maximum absolute atomic E-state index is 12.7. The van der Waals surface area contributed by atoms with Crippen LogP contribution >= 0.6 is 0 Å². The van der Waals surface area contributed by atoms with E-state index in [0.717, 1.165) is 24.3 Å². The van der Waals surface area contributed by atoms with Gasteiger partial charge in [0.25, 0.3) is 5.56 Å². The van der Waals surface area contributed by atoms with Gasteiger partial charge < -0.3 is 14.0 Å². The topological polar surface area (TPSA) is 112 Å². The molecule has 0 unspecified atom stereocenters. The Kier molecular flexibility index (Phi) is 4.04. The summed E-state index contributed by atoms with van der Waals surface area (Å²) in [6, 6.07) is 7.78. The van der Waals surface area contributed by atoms with E-state index in [-0.39, 0.29) is 23.8 Å². The molecule has 1 aliphatic heterocycles. The Bertz CT molecular complexity index is 1410. The molecule has 4 aromatic rings. The van der Waals surface area contributed by atoms with Crippen LogP contribution in [0.5, 0.6) is 0 Å². The SMILES string of the molecule is CC(=O)c1cccc(N2C[C@@H]3[C@H](C2)[C@H]3c2noc(Cn3cnc4ncn(C)c4c3=O)n2)c1. The van der Waals surface area contributed by atoms with Gasteiger partial charge in [0.1, 0.15) is 12.9 Å². The van der Waals surface area contributed by atoms with E-state index in [1.807, 2.05) is 24.3 Å². The zero-order valence-corrected chi connectivity index (χ0v) is 17.7. The molecular weight excluding hydrogens is 410 g/mol. The molecule has 10 nitrogen and oxygen atoms in total. The van der Waals surface area contributed by atoms with Gasteiger partial charge in [-0.25, -0.2) is 9.97 Å². The number of benzene rings is 1. The minimum atomic E-state index is -0.193. The van der Waals surface area contributed by atoms with E-state index in [1.165, 1.54) is 10.9 Å². The standard InChI is InChI=1S/C22H21N7O3/c1-12(30)13-4-3-5-14(6-13)28-7-15-16(8-28)18(15)20-25-17(32-26-20)9-29-11-24-21-19(22(29)31)27(2)10-23-21/h3-6,10-11,15-16,18H,7-9H2,1-2H3/t15-,16+,18+. The molecule has 1 aromatic carbocycles. The lowest BCUT2D eigenvalue weighted by Gasteiger charge is -2.21. The van der Waals surface area contributed by atoms with Crippen LogP contribution in [0.4, 0.5) is 5.69 Å². The van der Waals surface area contributed by atoms with Crippen LogP contribution < -0.4 is 10.5 Å². The molecular formula is C22H21N7O3. The number of carbonyl (C=O) groups excluding carboxylic acids is 1. The number of piperidine rings is 1. The number of aryl methyl sites for hydroxylation is 1. The first-order valence-electron chi connectivity index (χ1n) is 10.5. The molecule has 0 N–H and O–H groups in total. The van der Waals surface area contributed by atoms with Gasteiger partial charge in [-0.05, 0) is 30.9 Å². The highest BCUT2D eigenvalue weighted by atomic mass is 16.5. The number of hydrogen-bond donors (Lipinski definition) is 0. The molecule has 2 aliphatic rings. The summed E-state index contributed by atoms with van der Waals surface area (Å²) in [6.45, 7) is 3.57. The number of anilines is 1. The van der Waals surface area contributed by atoms with Crippen molar-refractivity contribution in [2.24, 2.45) is 18.9 Å². The lowest BCUT2D eigenvalue weighted by molar-refractivity contribution is 0.101. The van der Waals surface area contributed by atoms with E-state index in [1.54, 1.807) is 24.9 Å². The summed E-state index contributed by atoms with van der Waals surface area (Å²) in [4.78, 5) is 39.6. The second-order valence-electron chi connectivity index (χ2n) is 8.62. The molecule has 0 amide bonds. The highest BCUT2D eigenvalue weighted by Crippen LogP contribution is 2.57. The van der Waals surface area contributed by atoms with Crippen LogP contribution in [-0.4, -0.2) is 48.1 Å². The second-order valence-corrected chi connectivity index (χ2v) is 8.62. The number of carbonyl (C=O) groups is 1. The molecule has 3 aromatic heterocycles. The van der Waals surface area contributed by atoms with Crippen molar-refractivity contribution in [3.8, 4) is 0 Å². The molecule has 162 valence electrons. The average Bonchev–Trinajstić information content (AvgIpc) is 3.21. The smallest absolute Gasteiger partial charge is 0.280 e. The summed E-state index contributed by atoms with van der Waals surface area (Å²) in [5.41, 5.74) is 2.48. The van der Waals surface area contributed by atoms with E-state index in [2.05, 4.69) is 25.0 Å². The Balaban J connectivity index is 1.15. The van der Waals surface area contributed by atoms with Crippen LogP contribution in [0, 0.1) is 11.8 Å². The minimum Gasteiger partial charge on any atom is -0.371 e.